The maximum atomic E-state index is 11.9. The summed E-state index contributed by atoms with van der Waals surface area (Å²) < 4.78 is 30.7. The summed E-state index contributed by atoms with van der Waals surface area (Å²) in [5.41, 5.74) is -0.738. The van der Waals surface area contributed by atoms with Crippen LogP contribution in [0.4, 0.5) is 0 Å². The summed E-state index contributed by atoms with van der Waals surface area (Å²) in [5, 5.41) is 9.51. The van der Waals surface area contributed by atoms with Crippen LogP contribution < -0.4 is 4.72 Å². The van der Waals surface area contributed by atoms with Crippen molar-refractivity contribution in [3.05, 3.63) is 10.7 Å². The standard InChI is InChI=1S/C8H11BrN2O3S2/c1-8(12)2-5(3-8)11-16(13,14)7-6(9)4-10-15-7/h4-5,11-12H,2-3H2,1H3. The molecule has 90 valence electrons. The van der Waals surface area contributed by atoms with Crippen molar-refractivity contribution in [2.75, 3.05) is 0 Å². The molecule has 8 heteroatoms. The van der Waals surface area contributed by atoms with Gasteiger partial charge >= 0.3 is 0 Å². The zero-order valence-electron chi connectivity index (χ0n) is 8.47. The average Bonchev–Trinajstić information content (AvgIpc) is 2.47. The molecule has 1 fully saturated rings. The second-order valence-electron chi connectivity index (χ2n) is 4.18. The van der Waals surface area contributed by atoms with Gasteiger partial charge in [-0.3, -0.25) is 0 Å². The number of aromatic nitrogens is 1. The molecule has 0 bridgehead atoms. The molecule has 0 radical (unpaired) electrons. The van der Waals surface area contributed by atoms with Crippen LogP contribution in [0.3, 0.4) is 0 Å². The molecule has 2 N–H and O–H groups in total. The average molecular weight is 327 g/mol. The van der Waals surface area contributed by atoms with Crippen molar-refractivity contribution in [1.29, 1.82) is 0 Å². The Balaban J connectivity index is 2.08. The summed E-state index contributed by atoms with van der Waals surface area (Å²) in [6, 6.07) is -0.186. The summed E-state index contributed by atoms with van der Waals surface area (Å²) in [4.78, 5) is 0. The molecule has 2 rings (SSSR count). The van der Waals surface area contributed by atoms with E-state index in [9.17, 15) is 13.5 Å². The lowest BCUT2D eigenvalue weighted by Crippen LogP contribution is -2.53. The van der Waals surface area contributed by atoms with Crippen molar-refractivity contribution in [2.45, 2.75) is 35.6 Å². The van der Waals surface area contributed by atoms with Crippen LogP contribution >= 0.6 is 27.5 Å². The Kier molecular flexibility index (Phi) is 3.13. The van der Waals surface area contributed by atoms with E-state index < -0.39 is 15.6 Å². The van der Waals surface area contributed by atoms with Crippen molar-refractivity contribution in [2.24, 2.45) is 0 Å². The van der Waals surface area contributed by atoms with E-state index in [2.05, 4.69) is 25.0 Å². The molecule has 1 aromatic rings. The molecule has 1 heterocycles. The van der Waals surface area contributed by atoms with Crippen LogP contribution in [-0.4, -0.2) is 29.5 Å². The van der Waals surface area contributed by atoms with Gasteiger partial charge in [0.25, 0.3) is 10.0 Å². The van der Waals surface area contributed by atoms with Crippen LogP contribution in [0.25, 0.3) is 0 Å². The van der Waals surface area contributed by atoms with Crippen LogP contribution in [0.1, 0.15) is 19.8 Å². The molecule has 0 saturated heterocycles. The van der Waals surface area contributed by atoms with Gasteiger partial charge in [-0.2, -0.15) is 4.37 Å². The summed E-state index contributed by atoms with van der Waals surface area (Å²) in [6.45, 7) is 1.69. The molecule has 0 atom stereocenters. The molecule has 16 heavy (non-hydrogen) atoms. The first-order chi connectivity index (χ1) is 7.30. The molecule has 0 aromatic carbocycles. The van der Waals surface area contributed by atoms with Crippen LogP contribution in [0.2, 0.25) is 0 Å². The summed E-state index contributed by atoms with van der Waals surface area (Å²) in [6.07, 6.45) is 2.35. The first kappa shape index (κ1) is 12.4. The van der Waals surface area contributed by atoms with Gasteiger partial charge in [0.15, 0.2) is 4.21 Å². The van der Waals surface area contributed by atoms with Gasteiger partial charge in [0, 0.05) is 6.04 Å². The van der Waals surface area contributed by atoms with Gasteiger partial charge in [0.1, 0.15) is 0 Å². The van der Waals surface area contributed by atoms with E-state index >= 15 is 0 Å². The predicted molar refractivity (Wildman–Crippen MR) is 63.8 cm³/mol. The summed E-state index contributed by atoms with van der Waals surface area (Å²) >= 11 is 4.06. The van der Waals surface area contributed by atoms with Gasteiger partial charge in [-0.1, -0.05) is 0 Å². The van der Waals surface area contributed by atoms with E-state index in [-0.39, 0.29) is 10.3 Å². The number of rotatable bonds is 3. The van der Waals surface area contributed by atoms with Crippen LogP contribution in [-0.2, 0) is 10.0 Å². The Bertz CT molecular complexity index is 489. The van der Waals surface area contributed by atoms with E-state index in [1.54, 1.807) is 6.92 Å². The lowest BCUT2D eigenvalue weighted by molar-refractivity contribution is -0.0329. The van der Waals surface area contributed by atoms with Gasteiger partial charge in [-0.25, -0.2) is 13.1 Å². The molecule has 5 nitrogen and oxygen atoms in total. The topological polar surface area (TPSA) is 79.3 Å². The summed E-state index contributed by atoms with van der Waals surface area (Å²) in [7, 11) is -3.51. The number of nitrogens with one attached hydrogen (secondary N) is 1. The van der Waals surface area contributed by atoms with Gasteiger partial charge in [-0.05, 0) is 47.2 Å². The highest BCUT2D eigenvalue weighted by atomic mass is 79.9. The second kappa shape index (κ2) is 4.02. The Morgan fingerprint density at radius 1 is 1.69 bits per heavy atom. The largest absolute Gasteiger partial charge is 0.390 e. The zero-order valence-corrected chi connectivity index (χ0v) is 11.7. The van der Waals surface area contributed by atoms with E-state index in [1.165, 1.54) is 6.20 Å². The quantitative estimate of drug-likeness (QED) is 0.871. The fourth-order valence-corrected chi connectivity index (χ4v) is 4.93. The number of halogens is 1. The first-order valence-electron chi connectivity index (χ1n) is 4.65. The van der Waals surface area contributed by atoms with Crippen molar-refractivity contribution in [3.8, 4) is 0 Å². The van der Waals surface area contributed by atoms with E-state index in [4.69, 9.17) is 0 Å². The van der Waals surface area contributed by atoms with Crippen LogP contribution in [0.15, 0.2) is 14.9 Å². The minimum atomic E-state index is -3.51. The summed E-state index contributed by atoms with van der Waals surface area (Å²) in [5.74, 6) is 0. The van der Waals surface area contributed by atoms with Crippen molar-refractivity contribution in [3.63, 3.8) is 0 Å². The minimum Gasteiger partial charge on any atom is -0.390 e. The molecule has 1 saturated carbocycles. The normalized spacial score (nSPS) is 30.1. The second-order valence-corrected chi connectivity index (χ2v) is 7.75. The lowest BCUT2D eigenvalue weighted by atomic mass is 9.78. The number of aliphatic hydroxyl groups is 1. The zero-order chi connectivity index (χ0) is 12.0. The molecule has 1 aliphatic carbocycles. The Labute approximate surface area is 106 Å². The van der Waals surface area contributed by atoms with Crippen LogP contribution in [0, 0.1) is 0 Å². The molecule has 0 spiro atoms. The predicted octanol–water partition coefficient (Wildman–Crippen LogP) is 1.10. The molecule has 0 unspecified atom stereocenters. The van der Waals surface area contributed by atoms with Gasteiger partial charge in [0.05, 0.1) is 16.3 Å². The molecular formula is C8H11BrN2O3S2. The molecule has 0 amide bonds. The minimum absolute atomic E-state index is 0.180. The Morgan fingerprint density at radius 3 is 2.75 bits per heavy atom. The fraction of sp³-hybridized carbons (Fsp3) is 0.625. The molecule has 1 aromatic heterocycles. The van der Waals surface area contributed by atoms with Crippen LogP contribution in [0.5, 0.6) is 0 Å². The highest BCUT2D eigenvalue weighted by molar-refractivity contribution is 9.10. The first-order valence-corrected chi connectivity index (χ1v) is 7.70. The van der Waals surface area contributed by atoms with Crippen molar-refractivity contribution < 1.29 is 13.5 Å². The highest BCUT2D eigenvalue weighted by Crippen LogP contribution is 2.33. The number of hydrogen-bond donors (Lipinski definition) is 2. The SMILES string of the molecule is CC1(O)CC(NS(=O)(=O)c2sncc2Br)C1. The Morgan fingerprint density at radius 2 is 2.31 bits per heavy atom. The fourth-order valence-electron chi connectivity index (χ4n) is 1.75. The number of hydrogen-bond acceptors (Lipinski definition) is 5. The van der Waals surface area contributed by atoms with Crippen molar-refractivity contribution >= 4 is 37.5 Å². The maximum Gasteiger partial charge on any atom is 0.253 e. The van der Waals surface area contributed by atoms with Gasteiger partial charge < -0.3 is 5.11 Å². The Hall–Kier alpha value is -0.0200. The highest BCUT2D eigenvalue weighted by Gasteiger charge is 2.41. The third-order valence-electron chi connectivity index (χ3n) is 2.43. The monoisotopic (exact) mass is 326 g/mol. The number of nitrogens with zero attached hydrogens (tertiary/aromatic N) is 1. The van der Waals surface area contributed by atoms with E-state index in [0.717, 1.165) is 11.5 Å². The van der Waals surface area contributed by atoms with Gasteiger partial charge in [-0.15, -0.1) is 0 Å². The third kappa shape index (κ3) is 2.45. The maximum absolute atomic E-state index is 11.9. The van der Waals surface area contributed by atoms with E-state index in [0.29, 0.717) is 17.3 Å². The van der Waals surface area contributed by atoms with Crippen molar-refractivity contribution in [1.82, 2.24) is 9.10 Å². The number of sulfonamides is 1. The molecule has 1 aliphatic rings. The van der Waals surface area contributed by atoms with E-state index in [1.807, 2.05) is 0 Å². The lowest BCUT2D eigenvalue weighted by Gasteiger charge is -2.40. The van der Waals surface area contributed by atoms with Gasteiger partial charge in [0.2, 0.25) is 0 Å². The molecular weight excluding hydrogens is 316 g/mol. The third-order valence-corrected chi connectivity index (χ3v) is 6.39. The smallest absolute Gasteiger partial charge is 0.253 e. The molecule has 0 aliphatic heterocycles.